The van der Waals surface area contributed by atoms with Gasteiger partial charge in [-0.2, -0.15) is 5.10 Å². The van der Waals surface area contributed by atoms with Crippen LogP contribution in [-0.2, 0) is 9.53 Å². The number of aromatic nitrogens is 3. The molecule has 1 aromatic rings. The van der Waals surface area contributed by atoms with Crippen LogP contribution in [0.15, 0.2) is 11.1 Å². The van der Waals surface area contributed by atoms with Crippen LogP contribution in [-0.4, -0.2) is 39.1 Å². The van der Waals surface area contributed by atoms with Crippen molar-refractivity contribution >= 4 is 5.97 Å². The Hall–Kier alpha value is -1.63. The number of hydrogen-bond acceptors (Lipinski definition) is 4. The number of hydrogen-bond donors (Lipinski definition) is 2. The predicted octanol–water partition coefficient (Wildman–Crippen LogP) is -0.766. The van der Waals surface area contributed by atoms with E-state index in [-0.39, 0.29) is 13.2 Å². The highest BCUT2D eigenvalue weighted by molar-refractivity contribution is 5.75. The summed E-state index contributed by atoms with van der Waals surface area (Å²) in [6.45, 7) is 1.87. The molecule has 2 N–H and O–H groups in total. The third kappa shape index (κ3) is 1.35. The van der Waals surface area contributed by atoms with E-state index in [1.165, 1.54) is 10.9 Å². The van der Waals surface area contributed by atoms with Crippen molar-refractivity contribution in [3.8, 4) is 0 Å². The Morgan fingerprint density at radius 3 is 3.13 bits per heavy atom. The van der Waals surface area contributed by atoms with Gasteiger partial charge in [-0.1, -0.05) is 0 Å². The molecule has 0 spiro atoms. The predicted molar refractivity (Wildman–Crippen MR) is 48.4 cm³/mol. The first-order chi connectivity index (χ1) is 7.05. The fourth-order valence-electron chi connectivity index (χ4n) is 1.73. The lowest BCUT2D eigenvalue weighted by molar-refractivity contribution is -0.149. The van der Waals surface area contributed by atoms with Crippen LogP contribution in [0, 0.1) is 5.41 Å². The van der Waals surface area contributed by atoms with Crippen LogP contribution in [0.2, 0.25) is 0 Å². The Bertz CT molecular complexity index is 437. The number of aliphatic carboxylic acids is 1. The van der Waals surface area contributed by atoms with Gasteiger partial charge in [0.05, 0.1) is 19.3 Å². The first-order valence-corrected chi connectivity index (χ1v) is 4.48. The van der Waals surface area contributed by atoms with Gasteiger partial charge in [-0.05, 0) is 6.92 Å². The number of nitrogens with one attached hydrogen (secondary N) is 1. The molecular formula is C8H11N3O4. The van der Waals surface area contributed by atoms with Gasteiger partial charge < -0.3 is 9.84 Å². The monoisotopic (exact) mass is 213 g/mol. The SMILES string of the molecule is CC1(C(=O)O)COCC1n1cn[nH]c1=O. The zero-order valence-corrected chi connectivity index (χ0v) is 8.14. The summed E-state index contributed by atoms with van der Waals surface area (Å²) in [6, 6.07) is -0.513. The second kappa shape index (κ2) is 3.20. The Morgan fingerprint density at radius 1 is 1.87 bits per heavy atom. The van der Waals surface area contributed by atoms with Gasteiger partial charge in [0.1, 0.15) is 11.7 Å². The fraction of sp³-hybridized carbons (Fsp3) is 0.625. The summed E-state index contributed by atoms with van der Waals surface area (Å²) in [5.74, 6) is -0.974. The number of carboxylic acid groups (broad SMARTS) is 1. The van der Waals surface area contributed by atoms with Crippen molar-refractivity contribution in [1.82, 2.24) is 14.8 Å². The number of aromatic amines is 1. The van der Waals surface area contributed by atoms with Crippen LogP contribution in [0.3, 0.4) is 0 Å². The third-order valence-electron chi connectivity index (χ3n) is 2.81. The molecule has 0 aliphatic carbocycles. The summed E-state index contributed by atoms with van der Waals surface area (Å²) in [6.07, 6.45) is 1.29. The summed E-state index contributed by atoms with van der Waals surface area (Å²) in [4.78, 5) is 22.4. The van der Waals surface area contributed by atoms with E-state index >= 15 is 0 Å². The summed E-state index contributed by atoms with van der Waals surface area (Å²) in [7, 11) is 0. The van der Waals surface area contributed by atoms with Crippen LogP contribution in [0.1, 0.15) is 13.0 Å². The normalized spacial score (nSPS) is 30.6. The fourth-order valence-corrected chi connectivity index (χ4v) is 1.73. The average Bonchev–Trinajstić information content (AvgIpc) is 2.72. The highest BCUT2D eigenvalue weighted by Crippen LogP contribution is 2.36. The number of carboxylic acids is 1. The summed E-state index contributed by atoms with van der Waals surface area (Å²) in [5, 5.41) is 14.9. The number of H-pyrrole nitrogens is 1. The van der Waals surface area contributed by atoms with Gasteiger partial charge in [-0.15, -0.1) is 0 Å². The Balaban J connectivity index is 2.42. The number of ether oxygens (including phenoxy) is 1. The molecule has 0 bridgehead atoms. The molecule has 0 amide bonds. The van der Waals surface area contributed by atoms with E-state index in [9.17, 15) is 9.59 Å². The standard InChI is InChI=1S/C8H11N3O4/c1-8(6(12)13)3-15-2-5(8)11-4-9-10-7(11)14/h4-5H,2-3H2,1H3,(H,10,14)(H,12,13). The quantitative estimate of drug-likeness (QED) is 0.672. The van der Waals surface area contributed by atoms with Crippen LogP contribution < -0.4 is 5.69 Å². The second-order valence-corrected chi connectivity index (χ2v) is 3.82. The van der Waals surface area contributed by atoms with Crippen LogP contribution in [0.4, 0.5) is 0 Å². The van der Waals surface area contributed by atoms with Crippen molar-refractivity contribution in [3.63, 3.8) is 0 Å². The van der Waals surface area contributed by atoms with Crippen molar-refractivity contribution in [2.75, 3.05) is 13.2 Å². The molecule has 2 rings (SSSR count). The van der Waals surface area contributed by atoms with E-state index in [4.69, 9.17) is 9.84 Å². The number of nitrogens with zero attached hydrogens (tertiary/aromatic N) is 2. The van der Waals surface area contributed by atoms with E-state index in [0.717, 1.165) is 0 Å². The molecule has 7 heteroatoms. The van der Waals surface area contributed by atoms with Gasteiger partial charge in [-0.3, -0.25) is 9.36 Å². The van der Waals surface area contributed by atoms with Crippen LogP contribution in [0.5, 0.6) is 0 Å². The molecule has 0 saturated carbocycles. The molecule has 0 aromatic carbocycles. The zero-order chi connectivity index (χ0) is 11.1. The Morgan fingerprint density at radius 2 is 2.60 bits per heavy atom. The minimum atomic E-state index is -1.08. The largest absolute Gasteiger partial charge is 0.481 e. The van der Waals surface area contributed by atoms with Crippen molar-refractivity contribution in [2.24, 2.45) is 5.41 Å². The zero-order valence-electron chi connectivity index (χ0n) is 8.14. The molecule has 82 valence electrons. The Kier molecular flexibility index (Phi) is 2.11. The molecule has 0 radical (unpaired) electrons. The molecule has 1 fully saturated rings. The first kappa shape index (κ1) is 9.91. The molecule has 7 nitrogen and oxygen atoms in total. The van der Waals surface area contributed by atoms with E-state index in [1.54, 1.807) is 6.92 Å². The van der Waals surface area contributed by atoms with Gasteiger partial charge in [0.15, 0.2) is 0 Å². The van der Waals surface area contributed by atoms with Gasteiger partial charge in [0.25, 0.3) is 0 Å². The minimum absolute atomic E-state index is 0.102. The van der Waals surface area contributed by atoms with E-state index < -0.39 is 23.1 Å². The highest BCUT2D eigenvalue weighted by Gasteiger charge is 2.48. The molecule has 15 heavy (non-hydrogen) atoms. The third-order valence-corrected chi connectivity index (χ3v) is 2.81. The van der Waals surface area contributed by atoms with E-state index in [0.29, 0.717) is 0 Å². The van der Waals surface area contributed by atoms with Crippen LogP contribution >= 0.6 is 0 Å². The van der Waals surface area contributed by atoms with Crippen molar-refractivity contribution in [1.29, 1.82) is 0 Å². The van der Waals surface area contributed by atoms with Crippen molar-refractivity contribution in [3.05, 3.63) is 16.8 Å². The number of carbonyl (C=O) groups is 1. The second-order valence-electron chi connectivity index (χ2n) is 3.82. The molecule has 1 saturated heterocycles. The Labute approximate surface area is 84.7 Å². The average molecular weight is 213 g/mol. The lowest BCUT2D eigenvalue weighted by Gasteiger charge is -2.24. The maximum absolute atomic E-state index is 11.3. The maximum Gasteiger partial charge on any atom is 0.343 e. The first-order valence-electron chi connectivity index (χ1n) is 4.48. The summed E-state index contributed by atoms with van der Waals surface area (Å²) >= 11 is 0. The lowest BCUT2D eigenvalue weighted by Crippen LogP contribution is -2.39. The summed E-state index contributed by atoms with van der Waals surface area (Å²) < 4.78 is 6.40. The molecule has 2 heterocycles. The molecule has 1 aliphatic heterocycles. The van der Waals surface area contributed by atoms with Crippen molar-refractivity contribution in [2.45, 2.75) is 13.0 Å². The topological polar surface area (TPSA) is 97.2 Å². The maximum atomic E-state index is 11.3. The van der Waals surface area contributed by atoms with E-state index in [1.807, 2.05) is 0 Å². The summed E-state index contributed by atoms with van der Waals surface area (Å²) in [5.41, 5.74) is -1.49. The number of rotatable bonds is 2. The van der Waals surface area contributed by atoms with Crippen molar-refractivity contribution < 1.29 is 14.6 Å². The molecule has 1 aliphatic rings. The minimum Gasteiger partial charge on any atom is -0.481 e. The van der Waals surface area contributed by atoms with Crippen LogP contribution in [0.25, 0.3) is 0 Å². The smallest absolute Gasteiger partial charge is 0.343 e. The van der Waals surface area contributed by atoms with Gasteiger partial charge >= 0.3 is 11.7 Å². The van der Waals surface area contributed by atoms with Gasteiger partial charge in [0, 0.05) is 0 Å². The van der Waals surface area contributed by atoms with Gasteiger partial charge in [0.2, 0.25) is 0 Å². The molecule has 2 atom stereocenters. The van der Waals surface area contributed by atoms with Gasteiger partial charge in [-0.25, -0.2) is 9.89 Å². The van der Waals surface area contributed by atoms with E-state index in [2.05, 4.69) is 10.2 Å². The molecule has 1 aromatic heterocycles. The molecular weight excluding hydrogens is 202 g/mol. The lowest BCUT2D eigenvalue weighted by atomic mass is 9.85. The highest BCUT2D eigenvalue weighted by atomic mass is 16.5. The molecule has 2 unspecified atom stereocenters.